The summed E-state index contributed by atoms with van der Waals surface area (Å²) >= 11 is 3.21. The predicted molar refractivity (Wildman–Crippen MR) is 70.6 cm³/mol. The third-order valence-corrected chi connectivity index (χ3v) is 3.26. The Bertz CT molecular complexity index is 473. The zero-order valence-electron chi connectivity index (χ0n) is 10.1. The van der Waals surface area contributed by atoms with Gasteiger partial charge in [0.1, 0.15) is 0 Å². The smallest absolute Gasteiger partial charge is 0.311 e. The number of carbonyl (C=O) groups is 1. The maximum Gasteiger partial charge on any atom is 0.311 e. The second kappa shape index (κ2) is 5.95. The molecule has 1 unspecified atom stereocenters. The van der Waals surface area contributed by atoms with E-state index < -0.39 is 16.8 Å². The van der Waals surface area contributed by atoms with Crippen LogP contribution in [-0.2, 0) is 4.79 Å². The summed E-state index contributed by atoms with van der Waals surface area (Å²) in [6.45, 7) is 3.88. The van der Waals surface area contributed by atoms with E-state index in [2.05, 4.69) is 15.9 Å². The van der Waals surface area contributed by atoms with Crippen LogP contribution in [0.3, 0.4) is 0 Å². The van der Waals surface area contributed by atoms with Crippen molar-refractivity contribution in [1.29, 1.82) is 0 Å². The molecule has 1 aromatic carbocycles. The number of aliphatic carboxylic acids is 1. The Hall–Kier alpha value is -1.43. The van der Waals surface area contributed by atoms with Gasteiger partial charge in [0.2, 0.25) is 0 Å². The lowest BCUT2D eigenvalue weighted by atomic mass is 9.90. The number of rotatable bonds is 5. The molecule has 0 aliphatic heterocycles. The van der Waals surface area contributed by atoms with Gasteiger partial charge in [-0.1, -0.05) is 35.8 Å². The predicted octanol–water partition coefficient (Wildman–Crippen LogP) is 3.57. The fourth-order valence-electron chi connectivity index (χ4n) is 1.74. The third-order valence-electron chi connectivity index (χ3n) is 2.58. The van der Waals surface area contributed by atoms with Crippen LogP contribution in [0.15, 0.2) is 22.7 Å². The molecule has 0 amide bonds. The highest BCUT2D eigenvalue weighted by Gasteiger charge is 2.24. The minimum Gasteiger partial charge on any atom is -0.481 e. The normalized spacial score (nSPS) is 12.4. The van der Waals surface area contributed by atoms with Crippen LogP contribution >= 0.6 is 15.9 Å². The Kier molecular flexibility index (Phi) is 4.84. The van der Waals surface area contributed by atoms with Crippen molar-refractivity contribution < 1.29 is 14.8 Å². The molecular formula is C12H14BrNO4. The zero-order chi connectivity index (χ0) is 13.9. The zero-order valence-corrected chi connectivity index (χ0v) is 11.7. The largest absolute Gasteiger partial charge is 0.481 e. The van der Waals surface area contributed by atoms with Crippen molar-refractivity contribution in [1.82, 2.24) is 0 Å². The topological polar surface area (TPSA) is 80.4 Å². The van der Waals surface area contributed by atoms with Gasteiger partial charge >= 0.3 is 5.97 Å². The molecule has 0 saturated carbocycles. The Balaban J connectivity index is 3.13. The molecule has 0 bridgehead atoms. The van der Waals surface area contributed by atoms with Gasteiger partial charge in [0.05, 0.1) is 10.8 Å². The van der Waals surface area contributed by atoms with Crippen LogP contribution in [0.1, 0.15) is 31.7 Å². The lowest BCUT2D eigenvalue weighted by Gasteiger charge is -2.16. The van der Waals surface area contributed by atoms with Crippen molar-refractivity contribution in [3.63, 3.8) is 0 Å². The van der Waals surface area contributed by atoms with E-state index >= 15 is 0 Å². The molecular weight excluding hydrogens is 302 g/mol. The Morgan fingerprint density at radius 3 is 2.50 bits per heavy atom. The molecule has 0 saturated heterocycles. The first-order valence-corrected chi connectivity index (χ1v) is 6.29. The Labute approximate surface area is 113 Å². The van der Waals surface area contributed by atoms with Crippen LogP contribution in [0, 0.1) is 16.0 Å². The molecule has 0 aliphatic rings. The number of nitrogens with zero attached hydrogens (tertiary/aromatic N) is 1. The average Bonchev–Trinajstić information content (AvgIpc) is 2.25. The van der Waals surface area contributed by atoms with Crippen LogP contribution in [0.5, 0.6) is 0 Å². The van der Waals surface area contributed by atoms with E-state index in [0.29, 0.717) is 16.5 Å². The number of carboxylic acid groups (broad SMARTS) is 1. The lowest BCUT2D eigenvalue weighted by Crippen LogP contribution is -2.14. The number of hydrogen-bond acceptors (Lipinski definition) is 3. The van der Waals surface area contributed by atoms with Gasteiger partial charge in [-0.05, 0) is 17.9 Å². The van der Waals surface area contributed by atoms with Crippen molar-refractivity contribution >= 4 is 27.6 Å². The summed E-state index contributed by atoms with van der Waals surface area (Å²) in [5.41, 5.74) is 0.515. The highest BCUT2D eigenvalue weighted by molar-refractivity contribution is 9.10. The molecule has 0 radical (unpaired) electrons. The number of nitro groups is 1. The maximum atomic E-state index is 11.3. The van der Waals surface area contributed by atoms with Crippen LogP contribution < -0.4 is 0 Å². The van der Waals surface area contributed by atoms with E-state index in [9.17, 15) is 20.0 Å². The minimum atomic E-state index is -0.918. The van der Waals surface area contributed by atoms with Gasteiger partial charge < -0.3 is 5.11 Å². The molecule has 0 aliphatic carbocycles. The maximum absolute atomic E-state index is 11.3. The highest BCUT2D eigenvalue weighted by atomic mass is 79.9. The van der Waals surface area contributed by atoms with Crippen molar-refractivity contribution in [2.45, 2.75) is 26.2 Å². The number of non-ortho nitro benzene ring substituents is 1. The van der Waals surface area contributed by atoms with Crippen molar-refractivity contribution in [2.75, 3.05) is 0 Å². The van der Waals surface area contributed by atoms with Gasteiger partial charge in [0.25, 0.3) is 5.69 Å². The average molecular weight is 316 g/mol. The molecule has 18 heavy (non-hydrogen) atoms. The summed E-state index contributed by atoms with van der Waals surface area (Å²) in [4.78, 5) is 21.4. The molecule has 1 N–H and O–H groups in total. The molecule has 1 aromatic rings. The standard InChI is InChI=1S/C12H14BrNO4/c1-7(2)5-10(12(15)16)9-4-3-8(14(17)18)6-11(9)13/h3-4,6-7,10H,5H2,1-2H3,(H,15,16). The van der Waals surface area contributed by atoms with Crippen molar-refractivity contribution in [3.8, 4) is 0 Å². The number of hydrogen-bond donors (Lipinski definition) is 1. The van der Waals surface area contributed by atoms with E-state index in [1.807, 2.05) is 13.8 Å². The Morgan fingerprint density at radius 2 is 2.11 bits per heavy atom. The first-order chi connectivity index (χ1) is 8.32. The van der Waals surface area contributed by atoms with Gasteiger partial charge in [-0.2, -0.15) is 0 Å². The Morgan fingerprint density at radius 1 is 1.50 bits per heavy atom. The molecule has 5 nitrogen and oxygen atoms in total. The first kappa shape index (κ1) is 14.6. The van der Waals surface area contributed by atoms with E-state index in [0.717, 1.165) is 0 Å². The van der Waals surface area contributed by atoms with E-state index in [1.165, 1.54) is 18.2 Å². The summed E-state index contributed by atoms with van der Waals surface area (Å²) in [6.07, 6.45) is 0.492. The summed E-state index contributed by atoms with van der Waals surface area (Å²) in [6, 6.07) is 4.17. The van der Waals surface area contributed by atoms with Crippen molar-refractivity contribution in [2.24, 2.45) is 5.92 Å². The van der Waals surface area contributed by atoms with Gasteiger partial charge in [-0.25, -0.2) is 0 Å². The molecule has 1 atom stereocenters. The summed E-state index contributed by atoms with van der Waals surface area (Å²) in [5, 5.41) is 19.8. The summed E-state index contributed by atoms with van der Waals surface area (Å²) in [7, 11) is 0. The summed E-state index contributed by atoms with van der Waals surface area (Å²) < 4.78 is 0.463. The van der Waals surface area contributed by atoms with Crippen LogP contribution in [0.25, 0.3) is 0 Å². The molecule has 0 fully saturated rings. The number of halogens is 1. The van der Waals surface area contributed by atoms with Crippen LogP contribution in [0.4, 0.5) is 5.69 Å². The third kappa shape index (κ3) is 3.53. The van der Waals surface area contributed by atoms with Crippen LogP contribution in [-0.4, -0.2) is 16.0 Å². The van der Waals surface area contributed by atoms with E-state index in [-0.39, 0.29) is 11.6 Å². The second-order valence-corrected chi connectivity index (χ2v) is 5.34. The van der Waals surface area contributed by atoms with Crippen LogP contribution in [0.2, 0.25) is 0 Å². The van der Waals surface area contributed by atoms with Crippen molar-refractivity contribution in [3.05, 3.63) is 38.3 Å². The number of nitro benzene ring substituents is 1. The van der Waals surface area contributed by atoms with Gasteiger partial charge in [0.15, 0.2) is 0 Å². The lowest BCUT2D eigenvalue weighted by molar-refractivity contribution is -0.384. The van der Waals surface area contributed by atoms with E-state index in [4.69, 9.17) is 0 Å². The molecule has 6 heteroatoms. The monoisotopic (exact) mass is 315 g/mol. The highest BCUT2D eigenvalue weighted by Crippen LogP contribution is 2.32. The number of carboxylic acids is 1. The van der Waals surface area contributed by atoms with Gasteiger partial charge in [0, 0.05) is 16.6 Å². The molecule has 0 aromatic heterocycles. The molecule has 0 heterocycles. The minimum absolute atomic E-state index is 0.0562. The quantitative estimate of drug-likeness (QED) is 0.665. The molecule has 1 rings (SSSR count). The molecule has 0 spiro atoms. The SMILES string of the molecule is CC(C)CC(C(=O)O)c1ccc([N+](=O)[O-])cc1Br. The van der Waals surface area contributed by atoms with Gasteiger partial charge in [-0.15, -0.1) is 0 Å². The summed E-state index contributed by atoms with van der Waals surface area (Å²) in [5.74, 6) is -1.34. The fourth-order valence-corrected chi connectivity index (χ4v) is 2.39. The number of benzene rings is 1. The molecule has 98 valence electrons. The first-order valence-electron chi connectivity index (χ1n) is 5.49. The van der Waals surface area contributed by atoms with Gasteiger partial charge in [-0.3, -0.25) is 14.9 Å². The second-order valence-electron chi connectivity index (χ2n) is 4.48. The fraction of sp³-hybridized carbons (Fsp3) is 0.417. The van der Waals surface area contributed by atoms with E-state index in [1.54, 1.807) is 0 Å².